The summed E-state index contributed by atoms with van der Waals surface area (Å²) >= 11 is 1.36. The van der Waals surface area contributed by atoms with E-state index in [4.69, 9.17) is 0 Å². The van der Waals surface area contributed by atoms with Gasteiger partial charge in [0.1, 0.15) is 0 Å². The van der Waals surface area contributed by atoms with Crippen molar-refractivity contribution in [3.05, 3.63) is 48.0 Å². The van der Waals surface area contributed by atoms with Crippen molar-refractivity contribution in [1.82, 2.24) is 0 Å². The van der Waals surface area contributed by atoms with Gasteiger partial charge in [-0.3, -0.25) is 9.59 Å². The second kappa shape index (κ2) is 9.11. The van der Waals surface area contributed by atoms with E-state index in [0.29, 0.717) is 16.9 Å². The summed E-state index contributed by atoms with van der Waals surface area (Å²) in [6.45, 7) is 3.30. The van der Waals surface area contributed by atoms with Crippen LogP contribution in [-0.4, -0.2) is 44.3 Å². The number of hydrogen-bond acceptors (Lipinski definition) is 7. The predicted octanol–water partition coefficient (Wildman–Crippen LogP) is 2.95. The number of nitrogens with one attached hydrogen (secondary N) is 2. The molecule has 0 aromatic heterocycles. The lowest BCUT2D eigenvalue weighted by molar-refractivity contribution is -0.119. The predicted molar refractivity (Wildman–Crippen MR) is 118 cm³/mol. The highest BCUT2D eigenvalue weighted by molar-refractivity contribution is 8.01. The molecule has 3 rings (SSSR count). The molecule has 0 bridgehead atoms. The Bertz CT molecular complexity index is 1130. The van der Waals surface area contributed by atoms with Crippen LogP contribution in [-0.2, 0) is 24.2 Å². The number of carbonyl (C=O) groups excluding carboxylic acids is 3. The number of esters is 1. The lowest BCUT2D eigenvalue weighted by Gasteiger charge is -2.22. The van der Waals surface area contributed by atoms with Crippen molar-refractivity contribution in [2.24, 2.45) is 5.92 Å². The van der Waals surface area contributed by atoms with Gasteiger partial charge in [-0.1, -0.05) is 6.92 Å². The Morgan fingerprint density at radius 2 is 1.87 bits per heavy atom. The van der Waals surface area contributed by atoms with Crippen molar-refractivity contribution >= 4 is 50.8 Å². The average molecular weight is 463 g/mol. The molecule has 31 heavy (non-hydrogen) atoms. The molecule has 2 aromatic carbocycles. The number of amides is 2. The monoisotopic (exact) mass is 462 g/mol. The van der Waals surface area contributed by atoms with E-state index >= 15 is 0 Å². The van der Waals surface area contributed by atoms with Crippen LogP contribution in [0.25, 0.3) is 0 Å². The van der Waals surface area contributed by atoms with Gasteiger partial charge in [0.25, 0.3) is 0 Å². The quantitative estimate of drug-likeness (QED) is 0.634. The number of benzene rings is 2. The van der Waals surface area contributed by atoms with E-state index in [2.05, 4.69) is 15.4 Å². The van der Waals surface area contributed by atoms with Gasteiger partial charge < -0.3 is 15.4 Å². The van der Waals surface area contributed by atoms with Crippen molar-refractivity contribution < 1.29 is 27.5 Å². The molecule has 8 nitrogen and oxygen atoms in total. The van der Waals surface area contributed by atoms with Crippen LogP contribution in [0.5, 0.6) is 0 Å². The third kappa shape index (κ3) is 5.26. The second-order valence-electron chi connectivity index (χ2n) is 7.15. The van der Waals surface area contributed by atoms with Gasteiger partial charge in [0, 0.05) is 16.5 Å². The van der Waals surface area contributed by atoms with Crippen LogP contribution in [0.2, 0.25) is 0 Å². The SMILES string of the molecule is COC(=O)c1ccc(NC(=O)[C@H](C)CS(=O)(=O)c2ccc3c(c2)NC(=O)[C@H](C)S3)cc1. The third-order valence-corrected chi connectivity index (χ3v) is 7.82. The molecule has 2 aromatic rings. The lowest BCUT2D eigenvalue weighted by atomic mass is 10.1. The van der Waals surface area contributed by atoms with E-state index in [1.807, 2.05) is 0 Å². The molecule has 1 aliphatic rings. The molecule has 1 heterocycles. The molecule has 2 N–H and O–H groups in total. The van der Waals surface area contributed by atoms with Gasteiger partial charge in [0.2, 0.25) is 11.8 Å². The number of hydrogen-bond donors (Lipinski definition) is 2. The molecule has 164 valence electrons. The van der Waals surface area contributed by atoms with Crippen molar-refractivity contribution in [2.75, 3.05) is 23.5 Å². The molecule has 2 atom stereocenters. The molecule has 0 aliphatic carbocycles. The van der Waals surface area contributed by atoms with Crippen molar-refractivity contribution in [1.29, 1.82) is 0 Å². The van der Waals surface area contributed by atoms with Crippen LogP contribution in [0.15, 0.2) is 52.3 Å². The summed E-state index contributed by atoms with van der Waals surface area (Å²) in [5, 5.41) is 5.11. The number of methoxy groups -OCH3 is 1. The van der Waals surface area contributed by atoms with Crippen molar-refractivity contribution in [2.45, 2.75) is 28.9 Å². The van der Waals surface area contributed by atoms with E-state index < -0.39 is 33.4 Å². The van der Waals surface area contributed by atoms with Gasteiger partial charge in [-0.2, -0.15) is 0 Å². The van der Waals surface area contributed by atoms with E-state index in [9.17, 15) is 22.8 Å². The Morgan fingerprint density at radius 3 is 2.52 bits per heavy atom. The van der Waals surface area contributed by atoms with Gasteiger partial charge in [-0.05, 0) is 49.4 Å². The number of sulfone groups is 1. The Morgan fingerprint density at radius 1 is 1.19 bits per heavy atom. The smallest absolute Gasteiger partial charge is 0.337 e. The number of thioether (sulfide) groups is 1. The van der Waals surface area contributed by atoms with E-state index in [1.54, 1.807) is 13.0 Å². The Balaban J connectivity index is 1.68. The minimum absolute atomic E-state index is 0.0452. The minimum Gasteiger partial charge on any atom is -0.465 e. The fourth-order valence-electron chi connectivity index (χ4n) is 2.96. The standard InChI is InChI=1S/C21H22N2O6S2/c1-12(19(24)22-15-6-4-14(5-7-15)21(26)29-3)11-31(27,28)16-8-9-18-17(10-16)23-20(25)13(2)30-18/h4-10,12-13H,11H2,1-3H3,(H,22,24)(H,23,25)/t12-,13+/m1/s1. The van der Waals surface area contributed by atoms with Gasteiger partial charge >= 0.3 is 5.97 Å². The Kier molecular flexibility index (Phi) is 6.71. The number of ether oxygens (including phenoxy) is 1. The largest absolute Gasteiger partial charge is 0.465 e. The Labute approximate surface area is 184 Å². The van der Waals surface area contributed by atoms with Crippen LogP contribution >= 0.6 is 11.8 Å². The van der Waals surface area contributed by atoms with Crippen molar-refractivity contribution in [3.8, 4) is 0 Å². The topological polar surface area (TPSA) is 119 Å². The molecule has 0 radical (unpaired) electrons. The summed E-state index contributed by atoms with van der Waals surface area (Å²) in [7, 11) is -2.49. The second-order valence-corrected chi connectivity index (χ2v) is 10.6. The van der Waals surface area contributed by atoms with E-state index in [-0.39, 0.29) is 16.1 Å². The first-order valence-corrected chi connectivity index (χ1v) is 12.0. The molecule has 10 heteroatoms. The number of rotatable bonds is 6. The van der Waals surface area contributed by atoms with Gasteiger partial charge in [-0.25, -0.2) is 13.2 Å². The minimum atomic E-state index is -3.77. The zero-order valence-corrected chi connectivity index (χ0v) is 18.8. The fraction of sp³-hybridized carbons (Fsp3) is 0.286. The zero-order valence-electron chi connectivity index (χ0n) is 17.2. The van der Waals surface area contributed by atoms with Gasteiger partial charge in [-0.15, -0.1) is 11.8 Å². The molecule has 0 spiro atoms. The average Bonchev–Trinajstić information content (AvgIpc) is 2.73. The lowest BCUT2D eigenvalue weighted by Crippen LogP contribution is -2.28. The molecular formula is C21H22N2O6S2. The van der Waals surface area contributed by atoms with Crippen molar-refractivity contribution in [3.63, 3.8) is 0 Å². The number of anilines is 2. The summed E-state index contributed by atoms with van der Waals surface area (Å²) < 4.78 is 30.3. The summed E-state index contributed by atoms with van der Waals surface area (Å²) in [6.07, 6.45) is 0. The van der Waals surface area contributed by atoms with Crippen LogP contribution in [0.3, 0.4) is 0 Å². The number of carbonyl (C=O) groups is 3. The highest BCUT2D eigenvalue weighted by Crippen LogP contribution is 2.37. The first-order chi connectivity index (χ1) is 14.6. The highest BCUT2D eigenvalue weighted by atomic mass is 32.2. The van der Waals surface area contributed by atoms with Gasteiger partial charge in [0.05, 0.1) is 34.3 Å². The molecule has 1 aliphatic heterocycles. The third-order valence-electron chi connectivity index (χ3n) is 4.73. The van der Waals surface area contributed by atoms with Crippen LogP contribution in [0.4, 0.5) is 11.4 Å². The molecule has 0 saturated heterocycles. The zero-order chi connectivity index (χ0) is 22.8. The Hall–Kier alpha value is -2.85. The van der Waals surface area contributed by atoms with Gasteiger partial charge in [0.15, 0.2) is 9.84 Å². The maximum atomic E-state index is 12.8. The molecule has 0 saturated carbocycles. The van der Waals surface area contributed by atoms with E-state index in [1.165, 1.54) is 62.2 Å². The normalized spacial score (nSPS) is 16.6. The molecule has 0 fully saturated rings. The summed E-state index contributed by atoms with van der Waals surface area (Å²) in [6, 6.07) is 10.7. The molecule has 2 amide bonds. The maximum Gasteiger partial charge on any atom is 0.337 e. The first kappa shape index (κ1) is 22.8. The maximum absolute atomic E-state index is 12.8. The molecule has 0 unspecified atom stereocenters. The van der Waals surface area contributed by atoms with E-state index in [0.717, 1.165) is 4.90 Å². The molecular weight excluding hydrogens is 440 g/mol. The number of fused-ring (bicyclic) bond motifs is 1. The summed E-state index contributed by atoms with van der Waals surface area (Å²) in [4.78, 5) is 36.7. The summed E-state index contributed by atoms with van der Waals surface area (Å²) in [5.41, 5.74) is 1.23. The van der Waals surface area contributed by atoms with Crippen LogP contribution in [0.1, 0.15) is 24.2 Å². The first-order valence-electron chi connectivity index (χ1n) is 9.44. The summed E-state index contributed by atoms with van der Waals surface area (Å²) in [5.74, 6) is -2.37. The fourth-order valence-corrected chi connectivity index (χ4v) is 5.46. The van der Waals surface area contributed by atoms with Crippen LogP contribution in [0, 0.1) is 5.92 Å². The van der Waals surface area contributed by atoms with Crippen LogP contribution < -0.4 is 10.6 Å². The highest BCUT2D eigenvalue weighted by Gasteiger charge is 2.27.